The first-order valence-corrected chi connectivity index (χ1v) is 10.1. The number of piperidine rings is 1. The van der Waals surface area contributed by atoms with Crippen molar-refractivity contribution in [3.63, 3.8) is 0 Å². The van der Waals surface area contributed by atoms with Gasteiger partial charge in [0.05, 0.1) is 0 Å². The molecule has 0 aromatic heterocycles. The van der Waals surface area contributed by atoms with Crippen molar-refractivity contribution in [3.8, 4) is 0 Å². The maximum atomic E-state index is 14.1. The molecule has 1 saturated carbocycles. The van der Waals surface area contributed by atoms with Crippen LogP contribution in [0.15, 0.2) is 29.3 Å². The van der Waals surface area contributed by atoms with Crippen molar-refractivity contribution in [2.75, 3.05) is 39.8 Å². The Morgan fingerprint density at radius 3 is 2.52 bits per heavy atom. The Balaban J connectivity index is 0.00000261. The Labute approximate surface area is 180 Å². The third kappa shape index (κ3) is 6.04. The summed E-state index contributed by atoms with van der Waals surface area (Å²) in [7, 11) is 1.81. The van der Waals surface area contributed by atoms with Gasteiger partial charge in [0.25, 0.3) is 0 Å². The van der Waals surface area contributed by atoms with Crippen LogP contribution < -0.4 is 10.6 Å². The fraction of sp³-hybridized carbons (Fsp3) is 0.667. The molecule has 1 aromatic rings. The fourth-order valence-electron chi connectivity index (χ4n) is 4.03. The molecular formula is C21H34FIN4. The van der Waals surface area contributed by atoms with Gasteiger partial charge >= 0.3 is 0 Å². The lowest BCUT2D eigenvalue weighted by atomic mass is 9.95. The third-order valence-corrected chi connectivity index (χ3v) is 5.92. The van der Waals surface area contributed by atoms with E-state index in [1.54, 1.807) is 12.1 Å². The van der Waals surface area contributed by atoms with E-state index in [2.05, 4.69) is 27.4 Å². The van der Waals surface area contributed by atoms with Gasteiger partial charge in [-0.2, -0.15) is 0 Å². The number of likely N-dealkylation sites (tertiary alicyclic amines) is 1. The molecule has 27 heavy (non-hydrogen) atoms. The van der Waals surface area contributed by atoms with Crippen molar-refractivity contribution in [1.29, 1.82) is 0 Å². The quantitative estimate of drug-likeness (QED) is 0.349. The summed E-state index contributed by atoms with van der Waals surface area (Å²) in [5, 5.41) is 6.91. The monoisotopic (exact) mass is 488 g/mol. The van der Waals surface area contributed by atoms with Crippen LogP contribution in [0.2, 0.25) is 0 Å². The number of rotatable bonds is 7. The first-order chi connectivity index (χ1) is 12.7. The predicted octanol–water partition coefficient (Wildman–Crippen LogP) is 3.76. The molecule has 1 heterocycles. The van der Waals surface area contributed by atoms with Gasteiger partial charge in [0.2, 0.25) is 0 Å². The standard InChI is InChI=1S/C21H33FN4.HI/c1-3-12-26-13-8-17(9-14-26)15-24-20(23-2)25-16-21(10-11-21)18-6-4-5-7-19(18)22;/h4-7,17H,3,8-16H2,1-2H3,(H2,23,24,25);1H. The molecule has 2 fully saturated rings. The number of hydrogen-bond acceptors (Lipinski definition) is 2. The van der Waals surface area contributed by atoms with E-state index in [0.29, 0.717) is 5.92 Å². The molecule has 3 rings (SSSR count). The first-order valence-electron chi connectivity index (χ1n) is 10.1. The molecule has 1 saturated heterocycles. The van der Waals surface area contributed by atoms with Crippen LogP contribution in [-0.4, -0.2) is 50.6 Å². The number of aliphatic imine (C=N–C) groups is 1. The second-order valence-corrected chi connectivity index (χ2v) is 7.85. The van der Waals surface area contributed by atoms with Crippen LogP contribution in [0.5, 0.6) is 0 Å². The number of halogens is 2. The highest BCUT2D eigenvalue weighted by Gasteiger charge is 2.45. The van der Waals surface area contributed by atoms with Gasteiger partial charge in [0, 0.05) is 25.6 Å². The van der Waals surface area contributed by atoms with Crippen molar-refractivity contribution < 1.29 is 4.39 Å². The highest BCUT2D eigenvalue weighted by Crippen LogP contribution is 2.48. The van der Waals surface area contributed by atoms with E-state index < -0.39 is 0 Å². The Morgan fingerprint density at radius 1 is 1.22 bits per heavy atom. The van der Waals surface area contributed by atoms with Crippen molar-refractivity contribution in [2.24, 2.45) is 10.9 Å². The van der Waals surface area contributed by atoms with Crippen LogP contribution in [-0.2, 0) is 5.41 Å². The summed E-state index contributed by atoms with van der Waals surface area (Å²) in [6, 6.07) is 7.17. The zero-order valence-corrected chi connectivity index (χ0v) is 19.0. The molecule has 152 valence electrons. The molecule has 0 unspecified atom stereocenters. The number of benzene rings is 1. The van der Waals surface area contributed by atoms with Crippen LogP contribution >= 0.6 is 24.0 Å². The van der Waals surface area contributed by atoms with E-state index >= 15 is 0 Å². The van der Waals surface area contributed by atoms with Crippen molar-refractivity contribution >= 4 is 29.9 Å². The van der Waals surface area contributed by atoms with Crippen LogP contribution in [0.25, 0.3) is 0 Å². The van der Waals surface area contributed by atoms with Gasteiger partial charge < -0.3 is 15.5 Å². The second kappa shape index (κ2) is 10.6. The molecule has 4 nitrogen and oxygen atoms in total. The van der Waals surface area contributed by atoms with Crippen molar-refractivity contribution in [2.45, 2.75) is 44.4 Å². The van der Waals surface area contributed by atoms with E-state index in [9.17, 15) is 4.39 Å². The Kier molecular flexibility index (Phi) is 8.79. The number of nitrogens with one attached hydrogen (secondary N) is 2. The molecule has 0 bridgehead atoms. The molecule has 2 aliphatic rings. The molecule has 0 amide bonds. The minimum Gasteiger partial charge on any atom is -0.356 e. The molecular weight excluding hydrogens is 454 g/mol. The van der Waals surface area contributed by atoms with Crippen LogP contribution in [0.1, 0.15) is 44.6 Å². The highest BCUT2D eigenvalue weighted by atomic mass is 127. The molecule has 0 spiro atoms. The first kappa shape index (κ1) is 22.4. The topological polar surface area (TPSA) is 39.7 Å². The van der Waals surface area contributed by atoms with Crippen molar-refractivity contribution in [3.05, 3.63) is 35.6 Å². The highest BCUT2D eigenvalue weighted by molar-refractivity contribution is 14.0. The summed E-state index contributed by atoms with van der Waals surface area (Å²) in [6.07, 6.45) is 5.82. The number of hydrogen-bond donors (Lipinski definition) is 2. The summed E-state index contributed by atoms with van der Waals surface area (Å²) >= 11 is 0. The average molecular weight is 488 g/mol. The van der Waals surface area contributed by atoms with Gasteiger partial charge in [-0.05, 0) is 69.3 Å². The lowest BCUT2D eigenvalue weighted by molar-refractivity contribution is 0.185. The molecule has 1 aliphatic heterocycles. The largest absolute Gasteiger partial charge is 0.356 e. The minimum atomic E-state index is -0.0893. The molecule has 1 aromatic carbocycles. The molecule has 2 N–H and O–H groups in total. The van der Waals surface area contributed by atoms with Crippen molar-refractivity contribution in [1.82, 2.24) is 15.5 Å². The third-order valence-electron chi connectivity index (χ3n) is 5.92. The maximum Gasteiger partial charge on any atom is 0.191 e. The summed E-state index contributed by atoms with van der Waals surface area (Å²) in [5.41, 5.74) is 0.778. The van der Waals surface area contributed by atoms with Crippen LogP contribution in [0, 0.1) is 11.7 Å². The van der Waals surface area contributed by atoms with E-state index in [1.807, 2.05) is 19.2 Å². The molecule has 1 aliphatic carbocycles. The predicted molar refractivity (Wildman–Crippen MR) is 122 cm³/mol. The molecule has 0 radical (unpaired) electrons. The van der Waals surface area contributed by atoms with Crippen LogP contribution in [0.4, 0.5) is 4.39 Å². The van der Waals surface area contributed by atoms with Gasteiger partial charge in [-0.1, -0.05) is 25.1 Å². The Bertz CT molecular complexity index is 610. The average Bonchev–Trinajstić information content (AvgIpc) is 3.45. The maximum absolute atomic E-state index is 14.1. The number of nitrogens with zero attached hydrogens (tertiary/aromatic N) is 2. The number of guanidine groups is 1. The Hall–Kier alpha value is -0.890. The summed E-state index contributed by atoms with van der Waals surface area (Å²) in [5.74, 6) is 1.46. The lowest BCUT2D eigenvalue weighted by Gasteiger charge is -2.32. The van der Waals surface area contributed by atoms with E-state index in [4.69, 9.17) is 0 Å². The summed E-state index contributed by atoms with van der Waals surface area (Å²) < 4.78 is 14.1. The molecule has 6 heteroatoms. The minimum absolute atomic E-state index is 0. The smallest absolute Gasteiger partial charge is 0.191 e. The molecule has 0 atom stereocenters. The van der Waals surface area contributed by atoms with Crippen LogP contribution in [0.3, 0.4) is 0 Å². The fourth-order valence-corrected chi connectivity index (χ4v) is 4.03. The van der Waals surface area contributed by atoms with Gasteiger partial charge in [0.15, 0.2) is 5.96 Å². The summed E-state index contributed by atoms with van der Waals surface area (Å²) in [6.45, 7) is 7.60. The van der Waals surface area contributed by atoms with E-state index in [-0.39, 0.29) is 35.2 Å². The second-order valence-electron chi connectivity index (χ2n) is 7.85. The van der Waals surface area contributed by atoms with Gasteiger partial charge in [-0.15, -0.1) is 24.0 Å². The lowest BCUT2D eigenvalue weighted by Crippen LogP contribution is -2.45. The zero-order valence-electron chi connectivity index (χ0n) is 16.6. The van der Waals surface area contributed by atoms with Gasteiger partial charge in [-0.25, -0.2) is 4.39 Å². The SMILES string of the molecule is CCCN1CCC(CNC(=NC)NCC2(c3ccccc3F)CC2)CC1.I. The van der Waals surface area contributed by atoms with Gasteiger partial charge in [-0.3, -0.25) is 4.99 Å². The van der Waals surface area contributed by atoms with E-state index in [0.717, 1.165) is 37.5 Å². The zero-order chi connectivity index (χ0) is 18.4. The van der Waals surface area contributed by atoms with E-state index in [1.165, 1.54) is 38.9 Å². The Morgan fingerprint density at radius 2 is 1.93 bits per heavy atom. The van der Waals surface area contributed by atoms with Gasteiger partial charge in [0.1, 0.15) is 5.82 Å². The normalized spacial score (nSPS) is 20.0. The summed E-state index contributed by atoms with van der Waals surface area (Å²) in [4.78, 5) is 6.92.